The second-order valence-electron chi connectivity index (χ2n) is 4.37. The van der Waals surface area contributed by atoms with Crippen molar-refractivity contribution in [2.24, 2.45) is 11.7 Å². The summed E-state index contributed by atoms with van der Waals surface area (Å²) in [4.78, 5) is 0. The predicted molar refractivity (Wildman–Crippen MR) is 59.8 cm³/mol. The number of halogens is 3. The third kappa shape index (κ3) is 2.48. The standard InChI is InChI=1S/C11H14F3NOS/c1-6-2-3-16-10(6)9(15)7-4-17-5-8(7)11(12,13)14/h4-6,9-10H,2-3,15H2,1H3. The molecule has 1 aromatic heterocycles. The van der Waals surface area contributed by atoms with Crippen LogP contribution in [0.4, 0.5) is 13.2 Å². The number of ether oxygens (including phenoxy) is 1. The smallest absolute Gasteiger partial charge is 0.376 e. The summed E-state index contributed by atoms with van der Waals surface area (Å²) in [7, 11) is 0. The third-order valence-electron chi connectivity index (χ3n) is 3.15. The molecular weight excluding hydrogens is 251 g/mol. The Labute approximate surface area is 102 Å². The summed E-state index contributed by atoms with van der Waals surface area (Å²) < 4.78 is 43.6. The summed E-state index contributed by atoms with van der Waals surface area (Å²) in [5.41, 5.74) is 5.44. The average molecular weight is 265 g/mol. The summed E-state index contributed by atoms with van der Waals surface area (Å²) in [5.74, 6) is 0.200. The predicted octanol–water partition coefficient (Wildman–Crippen LogP) is 3.19. The maximum atomic E-state index is 12.7. The Bertz CT molecular complexity index is 390. The molecule has 96 valence electrons. The number of hydrogen-bond acceptors (Lipinski definition) is 3. The van der Waals surface area contributed by atoms with Crippen LogP contribution >= 0.6 is 11.3 Å². The molecule has 3 atom stereocenters. The molecule has 6 heteroatoms. The van der Waals surface area contributed by atoms with E-state index in [-0.39, 0.29) is 17.6 Å². The summed E-state index contributed by atoms with van der Waals surface area (Å²) in [6.45, 7) is 2.53. The molecule has 1 saturated heterocycles. The molecule has 1 fully saturated rings. The topological polar surface area (TPSA) is 35.2 Å². The molecule has 0 spiro atoms. The van der Waals surface area contributed by atoms with E-state index in [1.165, 1.54) is 5.38 Å². The van der Waals surface area contributed by atoms with Gasteiger partial charge in [-0.3, -0.25) is 0 Å². The molecule has 0 aromatic carbocycles. The van der Waals surface area contributed by atoms with Gasteiger partial charge >= 0.3 is 6.18 Å². The second kappa shape index (κ2) is 4.59. The van der Waals surface area contributed by atoms with Gasteiger partial charge in [0.25, 0.3) is 0 Å². The molecule has 1 aromatic rings. The van der Waals surface area contributed by atoms with E-state index in [1.807, 2.05) is 6.92 Å². The summed E-state index contributed by atoms with van der Waals surface area (Å²) >= 11 is 1.03. The maximum Gasteiger partial charge on any atom is 0.417 e. The van der Waals surface area contributed by atoms with Gasteiger partial charge in [-0.2, -0.15) is 24.5 Å². The van der Waals surface area contributed by atoms with E-state index in [1.54, 1.807) is 0 Å². The van der Waals surface area contributed by atoms with Crippen molar-refractivity contribution >= 4 is 11.3 Å². The monoisotopic (exact) mass is 265 g/mol. The lowest BCUT2D eigenvalue weighted by Crippen LogP contribution is -2.31. The molecule has 1 aliphatic heterocycles. The van der Waals surface area contributed by atoms with Gasteiger partial charge in [0.2, 0.25) is 0 Å². The number of nitrogens with two attached hydrogens (primary N) is 1. The van der Waals surface area contributed by atoms with E-state index < -0.39 is 17.8 Å². The van der Waals surface area contributed by atoms with Gasteiger partial charge in [-0.1, -0.05) is 6.92 Å². The summed E-state index contributed by atoms with van der Waals surface area (Å²) in [6, 6.07) is -0.699. The highest BCUT2D eigenvalue weighted by Crippen LogP contribution is 2.39. The SMILES string of the molecule is CC1CCOC1C(N)c1cscc1C(F)(F)F. The zero-order valence-corrected chi connectivity index (χ0v) is 10.1. The van der Waals surface area contributed by atoms with E-state index in [4.69, 9.17) is 10.5 Å². The van der Waals surface area contributed by atoms with Gasteiger partial charge in [-0.05, 0) is 23.3 Å². The highest BCUT2D eigenvalue weighted by Gasteiger charge is 2.39. The quantitative estimate of drug-likeness (QED) is 0.891. The van der Waals surface area contributed by atoms with Crippen LogP contribution in [0.15, 0.2) is 10.8 Å². The van der Waals surface area contributed by atoms with Crippen LogP contribution < -0.4 is 5.73 Å². The molecule has 2 nitrogen and oxygen atoms in total. The third-order valence-corrected chi connectivity index (χ3v) is 3.92. The molecule has 3 unspecified atom stereocenters. The first kappa shape index (κ1) is 12.9. The molecule has 0 aliphatic carbocycles. The molecule has 17 heavy (non-hydrogen) atoms. The Hall–Kier alpha value is -0.590. The lowest BCUT2D eigenvalue weighted by molar-refractivity contribution is -0.138. The lowest BCUT2D eigenvalue weighted by atomic mass is 9.92. The van der Waals surface area contributed by atoms with Gasteiger partial charge in [-0.15, -0.1) is 0 Å². The minimum Gasteiger partial charge on any atom is -0.376 e. The van der Waals surface area contributed by atoms with Crippen molar-refractivity contribution in [1.82, 2.24) is 0 Å². The van der Waals surface area contributed by atoms with Gasteiger partial charge < -0.3 is 10.5 Å². The number of thiophene rings is 1. The van der Waals surface area contributed by atoms with E-state index in [9.17, 15) is 13.2 Å². The lowest BCUT2D eigenvalue weighted by Gasteiger charge is -2.23. The largest absolute Gasteiger partial charge is 0.417 e. The summed E-state index contributed by atoms with van der Waals surface area (Å²) in [5, 5.41) is 2.58. The van der Waals surface area contributed by atoms with Crippen molar-refractivity contribution in [2.75, 3.05) is 6.61 Å². The molecule has 2 heterocycles. The fourth-order valence-corrected chi connectivity index (χ4v) is 3.05. The van der Waals surface area contributed by atoms with Crippen LogP contribution in [-0.2, 0) is 10.9 Å². The van der Waals surface area contributed by atoms with Gasteiger partial charge in [0.05, 0.1) is 17.7 Å². The fourth-order valence-electron chi connectivity index (χ4n) is 2.15. The highest BCUT2D eigenvalue weighted by atomic mass is 32.1. The normalized spacial score (nSPS) is 27.4. The van der Waals surface area contributed by atoms with E-state index in [0.717, 1.165) is 23.1 Å². The average Bonchev–Trinajstić information content (AvgIpc) is 2.82. The number of alkyl halides is 3. The van der Waals surface area contributed by atoms with Crippen molar-refractivity contribution in [3.05, 3.63) is 21.9 Å². The van der Waals surface area contributed by atoms with Crippen LogP contribution in [-0.4, -0.2) is 12.7 Å². The fraction of sp³-hybridized carbons (Fsp3) is 0.636. The Kier molecular flexibility index (Phi) is 3.47. The van der Waals surface area contributed by atoms with Crippen LogP contribution in [0.5, 0.6) is 0 Å². The zero-order chi connectivity index (χ0) is 12.6. The van der Waals surface area contributed by atoms with Gasteiger partial charge in [0.1, 0.15) is 0 Å². The number of rotatable bonds is 2. The van der Waals surface area contributed by atoms with E-state index >= 15 is 0 Å². The van der Waals surface area contributed by atoms with Crippen molar-refractivity contribution in [3.63, 3.8) is 0 Å². The molecule has 1 aliphatic rings. The first-order chi connectivity index (χ1) is 7.91. The molecule has 0 amide bonds. The first-order valence-corrected chi connectivity index (χ1v) is 6.36. The van der Waals surface area contributed by atoms with E-state index in [0.29, 0.717) is 6.61 Å². The first-order valence-electron chi connectivity index (χ1n) is 5.41. The zero-order valence-electron chi connectivity index (χ0n) is 9.33. The molecular formula is C11H14F3NOS. The van der Waals surface area contributed by atoms with Crippen molar-refractivity contribution in [2.45, 2.75) is 31.7 Å². The van der Waals surface area contributed by atoms with Crippen LogP contribution in [0.25, 0.3) is 0 Å². The van der Waals surface area contributed by atoms with Gasteiger partial charge in [0.15, 0.2) is 0 Å². The van der Waals surface area contributed by atoms with E-state index in [2.05, 4.69) is 0 Å². The Morgan fingerprint density at radius 1 is 1.47 bits per heavy atom. The molecule has 2 rings (SSSR count). The second-order valence-corrected chi connectivity index (χ2v) is 5.11. The van der Waals surface area contributed by atoms with Crippen molar-refractivity contribution in [1.29, 1.82) is 0 Å². The number of hydrogen-bond donors (Lipinski definition) is 1. The molecule has 0 radical (unpaired) electrons. The highest BCUT2D eigenvalue weighted by molar-refractivity contribution is 7.08. The van der Waals surface area contributed by atoms with Crippen LogP contribution in [0.1, 0.15) is 30.5 Å². The van der Waals surface area contributed by atoms with Gasteiger partial charge in [0, 0.05) is 12.0 Å². The maximum absolute atomic E-state index is 12.7. The van der Waals surface area contributed by atoms with Crippen LogP contribution in [0.2, 0.25) is 0 Å². The van der Waals surface area contributed by atoms with Crippen LogP contribution in [0.3, 0.4) is 0 Å². The Balaban J connectivity index is 2.25. The minimum atomic E-state index is -4.34. The Morgan fingerprint density at radius 2 is 2.18 bits per heavy atom. The summed E-state index contributed by atoms with van der Waals surface area (Å²) in [6.07, 6.45) is -3.80. The van der Waals surface area contributed by atoms with Crippen molar-refractivity contribution in [3.8, 4) is 0 Å². The van der Waals surface area contributed by atoms with Crippen LogP contribution in [0, 0.1) is 5.92 Å². The minimum absolute atomic E-state index is 0.154. The molecule has 0 saturated carbocycles. The molecule has 0 bridgehead atoms. The van der Waals surface area contributed by atoms with Crippen molar-refractivity contribution < 1.29 is 17.9 Å². The molecule has 2 N–H and O–H groups in total. The van der Waals surface area contributed by atoms with Gasteiger partial charge in [-0.25, -0.2) is 0 Å². The Morgan fingerprint density at radius 3 is 2.71 bits per heavy atom.